The Morgan fingerprint density at radius 1 is 0.917 bits per heavy atom. The molecule has 3 aromatic carbocycles. The number of halogens is 1. The van der Waals surface area contributed by atoms with E-state index in [9.17, 15) is 22.4 Å². The zero-order chi connectivity index (χ0) is 26.3. The van der Waals surface area contributed by atoms with Crippen molar-refractivity contribution >= 4 is 33.3 Å². The first kappa shape index (κ1) is 26.5. The second kappa shape index (κ2) is 11.5. The van der Waals surface area contributed by atoms with E-state index in [1.807, 2.05) is 0 Å². The lowest BCUT2D eigenvalue weighted by Gasteiger charge is -2.24. The molecule has 3 rings (SSSR count). The number of amides is 1. The quantitative estimate of drug-likeness (QED) is 0.408. The lowest BCUT2D eigenvalue weighted by molar-refractivity contribution is -0.114. The van der Waals surface area contributed by atoms with Crippen molar-refractivity contribution in [2.24, 2.45) is 0 Å². The topological polar surface area (TPSA) is 111 Å². The summed E-state index contributed by atoms with van der Waals surface area (Å²) in [5, 5.41) is 2.60. The minimum absolute atomic E-state index is 0.0824. The molecule has 0 saturated heterocycles. The Balaban J connectivity index is 1.90. The van der Waals surface area contributed by atoms with Gasteiger partial charge in [0.1, 0.15) is 12.4 Å². The van der Waals surface area contributed by atoms with E-state index in [1.54, 1.807) is 6.92 Å². The van der Waals surface area contributed by atoms with Crippen LogP contribution in [0.4, 0.5) is 15.8 Å². The van der Waals surface area contributed by atoms with Gasteiger partial charge in [0.25, 0.3) is 10.0 Å². The Kier molecular flexibility index (Phi) is 8.49. The number of methoxy groups -OCH3 is 2. The smallest absolute Gasteiger partial charge is 0.338 e. The van der Waals surface area contributed by atoms with Crippen molar-refractivity contribution in [1.82, 2.24) is 0 Å². The summed E-state index contributed by atoms with van der Waals surface area (Å²) in [6.07, 6.45) is 0. The van der Waals surface area contributed by atoms with Crippen LogP contribution in [0, 0.1) is 5.82 Å². The molecule has 0 bridgehead atoms. The average molecular weight is 517 g/mol. The third-order valence-corrected chi connectivity index (χ3v) is 6.79. The van der Waals surface area contributed by atoms with Gasteiger partial charge in [0.05, 0.1) is 37.0 Å². The van der Waals surface area contributed by atoms with Crippen LogP contribution in [-0.2, 0) is 19.6 Å². The fourth-order valence-corrected chi connectivity index (χ4v) is 4.70. The Morgan fingerprint density at radius 2 is 1.56 bits per heavy atom. The number of nitrogens with zero attached hydrogens (tertiary/aromatic N) is 1. The van der Waals surface area contributed by atoms with Crippen molar-refractivity contribution < 1.29 is 36.6 Å². The molecule has 1 amide bonds. The van der Waals surface area contributed by atoms with Crippen LogP contribution in [0.25, 0.3) is 0 Å². The molecule has 0 atom stereocenters. The van der Waals surface area contributed by atoms with Crippen molar-refractivity contribution in [3.63, 3.8) is 0 Å². The molecule has 9 nitrogen and oxygen atoms in total. The molecule has 3 aromatic rings. The molecule has 0 saturated carbocycles. The summed E-state index contributed by atoms with van der Waals surface area (Å²) in [5.41, 5.74) is 0.730. The zero-order valence-electron chi connectivity index (χ0n) is 19.9. The number of hydrogen-bond acceptors (Lipinski definition) is 7. The summed E-state index contributed by atoms with van der Waals surface area (Å²) in [6.45, 7) is 1.31. The molecule has 190 valence electrons. The molecule has 1 N–H and O–H groups in total. The van der Waals surface area contributed by atoms with Gasteiger partial charge in [-0.25, -0.2) is 17.6 Å². The highest BCUT2D eigenvalue weighted by atomic mass is 32.2. The highest BCUT2D eigenvalue weighted by Gasteiger charge is 2.28. The average Bonchev–Trinajstić information content (AvgIpc) is 2.88. The highest BCUT2D eigenvalue weighted by molar-refractivity contribution is 7.92. The minimum atomic E-state index is -4.28. The van der Waals surface area contributed by atoms with Crippen LogP contribution in [0.2, 0.25) is 0 Å². The summed E-state index contributed by atoms with van der Waals surface area (Å²) >= 11 is 0. The Labute approximate surface area is 208 Å². The van der Waals surface area contributed by atoms with Crippen LogP contribution in [-0.4, -0.2) is 47.7 Å². The third kappa shape index (κ3) is 6.11. The molecule has 0 unspecified atom stereocenters. The van der Waals surface area contributed by atoms with E-state index in [0.29, 0.717) is 17.0 Å². The standard InChI is InChI=1S/C25H25FN2O7S/c1-4-35-25(30)17-5-9-19(10-6-17)27-24(29)16-28(20-11-7-18(26)8-12-20)36(31,32)21-13-14-22(33-2)23(15-21)34-3/h5-15H,4,16H2,1-3H3,(H,27,29). The van der Waals surface area contributed by atoms with Crippen LogP contribution in [0.1, 0.15) is 17.3 Å². The SMILES string of the molecule is CCOC(=O)c1ccc(NC(=O)CN(c2ccc(F)cc2)S(=O)(=O)c2ccc(OC)c(OC)c2)cc1. The second-order valence-electron chi connectivity index (χ2n) is 7.35. The first-order chi connectivity index (χ1) is 17.2. The minimum Gasteiger partial charge on any atom is -0.493 e. The largest absolute Gasteiger partial charge is 0.493 e. The van der Waals surface area contributed by atoms with Gasteiger partial charge in [-0.15, -0.1) is 0 Å². The van der Waals surface area contributed by atoms with Crippen LogP contribution in [0.3, 0.4) is 0 Å². The fraction of sp³-hybridized carbons (Fsp3) is 0.200. The van der Waals surface area contributed by atoms with E-state index in [2.05, 4.69) is 5.32 Å². The summed E-state index contributed by atoms with van der Waals surface area (Å²) < 4.78 is 56.8. The molecule has 0 radical (unpaired) electrons. The Morgan fingerprint density at radius 3 is 2.14 bits per heavy atom. The van der Waals surface area contributed by atoms with E-state index in [-0.39, 0.29) is 22.9 Å². The molecular formula is C25H25FN2O7S. The van der Waals surface area contributed by atoms with Gasteiger partial charge in [-0.05, 0) is 67.6 Å². The number of nitrogens with one attached hydrogen (secondary N) is 1. The Bertz CT molecular complexity index is 1330. The number of rotatable bonds is 10. The number of sulfonamides is 1. The molecule has 0 aliphatic carbocycles. The van der Waals surface area contributed by atoms with E-state index >= 15 is 0 Å². The van der Waals surface area contributed by atoms with Crippen molar-refractivity contribution in [3.05, 3.63) is 78.1 Å². The molecular weight excluding hydrogens is 491 g/mol. The van der Waals surface area contributed by atoms with Crippen LogP contribution >= 0.6 is 0 Å². The van der Waals surface area contributed by atoms with Gasteiger partial charge < -0.3 is 19.5 Å². The van der Waals surface area contributed by atoms with Gasteiger partial charge in [0, 0.05) is 11.8 Å². The zero-order valence-corrected chi connectivity index (χ0v) is 20.7. The van der Waals surface area contributed by atoms with E-state index in [1.165, 1.54) is 68.8 Å². The number of anilines is 2. The number of esters is 1. The molecule has 0 aliphatic heterocycles. The number of ether oxygens (including phenoxy) is 3. The summed E-state index contributed by atoms with van der Waals surface area (Å²) in [6, 6.07) is 14.7. The number of hydrogen-bond donors (Lipinski definition) is 1. The molecule has 0 heterocycles. The van der Waals surface area contributed by atoms with Gasteiger partial charge in [-0.2, -0.15) is 0 Å². The maximum absolute atomic E-state index is 13.6. The van der Waals surface area contributed by atoms with E-state index < -0.39 is 34.3 Å². The molecule has 36 heavy (non-hydrogen) atoms. The van der Waals surface area contributed by atoms with Crippen LogP contribution < -0.4 is 19.1 Å². The first-order valence-electron chi connectivity index (χ1n) is 10.8. The number of carbonyl (C=O) groups is 2. The maximum atomic E-state index is 13.6. The number of benzene rings is 3. The fourth-order valence-electron chi connectivity index (χ4n) is 3.26. The van der Waals surface area contributed by atoms with E-state index in [0.717, 1.165) is 16.4 Å². The lowest BCUT2D eigenvalue weighted by atomic mass is 10.2. The normalized spacial score (nSPS) is 10.9. The summed E-state index contributed by atoms with van der Waals surface area (Å²) in [7, 11) is -1.50. The predicted octanol–water partition coefficient (Wildman–Crippen LogP) is 3.85. The first-order valence-corrected chi connectivity index (χ1v) is 12.2. The Hall–Kier alpha value is -4.12. The molecule has 0 spiro atoms. The van der Waals surface area contributed by atoms with Crippen molar-refractivity contribution in [3.8, 4) is 11.5 Å². The van der Waals surface area contributed by atoms with Gasteiger partial charge in [0.2, 0.25) is 5.91 Å². The highest BCUT2D eigenvalue weighted by Crippen LogP contribution is 2.32. The van der Waals surface area contributed by atoms with E-state index in [4.69, 9.17) is 14.2 Å². The molecule has 0 fully saturated rings. The third-order valence-electron chi connectivity index (χ3n) is 5.02. The molecule has 11 heteroatoms. The van der Waals surface area contributed by atoms with Gasteiger partial charge >= 0.3 is 5.97 Å². The monoisotopic (exact) mass is 516 g/mol. The predicted molar refractivity (Wildman–Crippen MR) is 132 cm³/mol. The van der Waals surface area contributed by atoms with Crippen molar-refractivity contribution in [2.45, 2.75) is 11.8 Å². The molecule has 0 aliphatic rings. The number of carbonyl (C=O) groups excluding carboxylic acids is 2. The van der Waals surface area contributed by atoms with Crippen LogP contribution in [0.5, 0.6) is 11.5 Å². The second-order valence-corrected chi connectivity index (χ2v) is 9.21. The lowest BCUT2D eigenvalue weighted by Crippen LogP contribution is -2.38. The van der Waals surface area contributed by atoms with Crippen LogP contribution in [0.15, 0.2) is 71.6 Å². The maximum Gasteiger partial charge on any atom is 0.338 e. The van der Waals surface area contributed by atoms with Gasteiger partial charge in [-0.1, -0.05) is 0 Å². The van der Waals surface area contributed by atoms with Gasteiger partial charge in [0.15, 0.2) is 11.5 Å². The molecule has 0 aromatic heterocycles. The van der Waals surface area contributed by atoms with Crippen molar-refractivity contribution in [2.75, 3.05) is 37.0 Å². The van der Waals surface area contributed by atoms with Crippen molar-refractivity contribution in [1.29, 1.82) is 0 Å². The van der Waals surface area contributed by atoms with Gasteiger partial charge in [-0.3, -0.25) is 9.10 Å². The summed E-state index contributed by atoms with van der Waals surface area (Å²) in [5.74, 6) is -1.21. The summed E-state index contributed by atoms with van der Waals surface area (Å²) in [4.78, 5) is 24.5.